The fourth-order valence-corrected chi connectivity index (χ4v) is 5.76. The zero-order chi connectivity index (χ0) is 30.0. The Bertz CT molecular complexity index is 2150. The molecule has 0 saturated heterocycles. The van der Waals surface area contributed by atoms with E-state index in [0.717, 1.165) is 33.8 Å². The fraction of sp³-hybridized carbons (Fsp3) is 0. The first-order valence-corrected chi connectivity index (χ1v) is 14.9. The number of benzene rings is 7. The molecular formula is C41H27N3O. The molecule has 1 heterocycles. The second kappa shape index (κ2) is 11.5. The highest BCUT2D eigenvalue weighted by molar-refractivity contribution is 6.12. The van der Waals surface area contributed by atoms with Gasteiger partial charge in [-0.3, -0.25) is 0 Å². The van der Waals surface area contributed by atoms with Crippen molar-refractivity contribution in [3.05, 3.63) is 164 Å². The average molecular weight is 578 g/mol. The summed E-state index contributed by atoms with van der Waals surface area (Å²) in [5.74, 6) is 3.40. The van der Waals surface area contributed by atoms with Crippen LogP contribution >= 0.6 is 0 Å². The van der Waals surface area contributed by atoms with Crippen molar-refractivity contribution in [3.63, 3.8) is 0 Å². The van der Waals surface area contributed by atoms with Crippen LogP contribution in [0.15, 0.2) is 164 Å². The molecule has 0 aliphatic heterocycles. The Morgan fingerprint density at radius 2 is 0.711 bits per heavy atom. The van der Waals surface area contributed by atoms with Crippen molar-refractivity contribution in [2.24, 2.45) is 0 Å². The number of rotatable bonds is 6. The van der Waals surface area contributed by atoms with Gasteiger partial charge in [0.15, 0.2) is 17.5 Å². The van der Waals surface area contributed by atoms with E-state index >= 15 is 0 Å². The molecule has 8 rings (SSSR count). The summed E-state index contributed by atoms with van der Waals surface area (Å²) in [4.78, 5) is 14.5. The van der Waals surface area contributed by atoms with Crippen molar-refractivity contribution in [3.8, 4) is 56.8 Å². The van der Waals surface area contributed by atoms with Crippen molar-refractivity contribution in [1.29, 1.82) is 0 Å². The molecule has 0 N–H and O–H groups in total. The minimum Gasteiger partial charge on any atom is -0.457 e. The van der Waals surface area contributed by atoms with Gasteiger partial charge in [0.05, 0.1) is 0 Å². The first-order chi connectivity index (χ1) is 22.3. The summed E-state index contributed by atoms with van der Waals surface area (Å²) in [5.41, 5.74) is 5.17. The molecule has 0 aliphatic rings. The lowest BCUT2D eigenvalue weighted by Crippen LogP contribution is -2.00. The second-order valence-corrected chi connectivity index (χ2v) is 10.9. The quantitative estimate of drug-likeness (QED) is 0.184. The molecule has 1 aromatic heterocycles. The molecule has 0 radical (unpaired) electrons. The van der Waals surface area contributed by atoms with Crippen LogP contribution in [0.2, 0.25) is 0 Å². The maximum Gasteiger partial charge on any atom is 0.164 e. The van der Waals surface area contributed by atoms with E-state index in [2.05, 4.69) is 66.7 Å². The van der Waals surface area contributed by atoms with Crippen LogP contribution in [0.3, 0.4) is 0 Å². The molecule has 7 aromatic carbocycles. The summed E-state index contributed by atoms with van der Waals surface area (Å²) < 4.78 is 6.27. The Labute approximate surface area is 261 Å². The van der Waals surface area contributed by atoms with Gasteiger partial charge in [-0.25, -0.2) is 15.0 Å². The molecule has 0 fully saturated rings. The van der Waals surface area contributed by atoms with Crippen LogP contribution in [0.1, 0.15) is 0 Å². The molecule has 0 bridgehead atoms. The zero-order valence-electron chi connectivity index (χ0n) is 24.3. The van der Waals surface area contributed by atoms with Gasteiger partial charge in [-0.05, 0) is 75.1 Å². The lowest BCUT2D eigenvalue weighted by atomic mass is 9.92. The number of nitrogens with zero attached hydrogens (tertiary/aromatic N) is 3. The average Bonchev–Trinajstić information content (AvgIpc) is 3.12. The van der Waals surface area contributed by atoms with Gasteiger partial charge in [0.25, 0.3) is 0 Å². The number of hydrogen-bond acceptors (Lipinski definition) is 4. The third kappa shape index (κ3) is 5.30. The van der Waals surface area contributed by atoms with Gasteiger partial charge in [-0.2, -0.15) is 0 Å². The lowest BCUT2D eigenvalue weighted by molar-refractivity contribution is 0.483. The van der Waals surface area contributed by atoms with E-state index in [0.29, 0.717) is 17.5 Å². The summed E-state index contributed by atoms with van der Waals surface area (Å²) >= 11 is 0. The summed E-state index contributed by atoms with van der Waals surface area (Å²) in [7, 11) is 0. The highest BCUT2D eigenvalue weighted by Gasteiger charge is 2.13. The summed E-state index contributed by atoms with van der Waals surface area (Å²) in [6.07, 6.45) is 0. The van der Waals surface area contributed by atoms with Crippen LogP contribution in [0.25, 0.3) is 66.8 Å². The van der Waals surface area contributed by atoms with Crippen molar-refractivity contribution in [1.82, 2.24) is 15.0 Å². The fourth-order valence-electron chi connectivity index (χ4n) is 5.76. The van der Waals surface area contributed by atoms with Gasteiger partial charge in [-0.15, -0.1) is 0 Å². The molecule has 0 aliphatic carbocycles. The highest BCUT2D eigenvalue weighted by Crippen LogP contribution is 2.37. The van der Waals surface area contributed by atoms with Crippen LogP contribution in [0.5, 0.6) is 11.5 Å². The Kier molecular flexibility index (Phi) is 6.78. The molecule has 45 heavy (non-hydrogen) atoms. The molecule has 4 nitrogen and oxygen atoms in total. The zero-order valence-corrected chi connectivity index (χ0v) is 24.3. The van der Waals surface area contributed by atoms with Crippen molar-refractivity contribution in [2.75, 3.05) is 0 Å². The summed E-state index contributed by atoms with van der Waals surface area (Å²) in [6, 6.07) is 55.6. The number of ether oxygens (including phenoxy) is 1. The minimum absolute atomic E-state index is 0.612. The van der Waals surface area contributed by atoms with E-state index in [1.54, 1.807) is 0 Å². The first-order valence-electron chi connectivity index (χ1n) is 14.9. The van der Waals surface area contributed by atoms with E-state index in [-0.39, 0.29) is 0 Å². The molecular weight excluding hydrogens is 550 g/mol. The van der Waals surface area contributed by atoms with Crippen molar-refractivity contribution >= 4 is 21.5 Å². The van der Waals surface area contributed by atoms with Gasteiger partial charge in [0, 0.05) is 16.7 Å². The lowest BCUT2D eigenvalue weighted by Gasteiger charge is -2.13. The highest BCUT2D eigenvalue weighted by atomic mass is 16.5. The molecule has 0 amide bonds. The molecule has 212 valence electrons. The number of hydrogen-bond donors (Lipinski definition) is 0. The Morgan fingerprint density at radius 3 is 1.18 bits per heavy atom. The molecule has 0 spiro atoms. The predicted octanol–water partition coefficient (Wildman–Crippen LogP) is 10.6. The van der Waals surface area contributed by atoms with Crippen LogP contribution in [0, 0.1) is 0 Å². The smallest absolute Gasteiger partial charge is 0.164 e. The molecule has 8 aromatic rings. The van der Waals surface area contributed by atoms with Gasteiger partial charge in [0.1, 0.15) is 11.5 Å². The molecule has 0 saturated carbocycles. The topological polar surface area (TPSA) is 47.9 Å². The van der Waals surface area contributed by atoms with Crippen LogP contribution in [-0.2, 0) is 0 Å². The van der Waals surface area contributed by atoms with Gasteiger partial charge in [0.2, 0.25) is 0 Å². The van der Waals surface area contributed by atoms with E-state index in [9.17, 15) is 0 Å². The standard InChI is InChI=1S/C41H27N3O/c1-3-11-29(12-4-1)39-42-40(30-13-5-2-6-14-30)44-41(43-39)31-21-25-35(26-22-31)45-34-23-19-28(20-24-34)38-36-17-9-7-15-32(36)27-33-16-8-10-18-37(33)38/h1-27H. The summed E-state index contributed by atoms with van der Waals surface area (Å²) in [6.45, 7) is 0. The normalized spacial score (nSPS) is 11.1. The Balaban J connectivity index is 1.09. The Morgan fingerprint density at radius 1 is 0.333 bits per heavy atom. The monoisotopic (exact) mass is 577 g/mol. The van der Waals surface area contributed by atoms with Gasteiger partial charge >= 0.3 is 0 Å². The second-order valence-electron chi connectivity index (χ2n) is 10.9. The van der Waals surface area contributed by atoms with E-state index in [1.807, 2.05) is 97.1 Å². The van der Waals surface area contributed by atoms with Crippen LogP contribution < -0.4 is 4.74 Å². The third-order valence-corrected chi connectivity index (χ3v) is 7.96. The van der Waals surface area contributed by atoms with E-state index in [1.165, 1.54) is 27.1 Å². The van der Waals surface area contributed by atoms with Gasteiger partial charge < -0.3 is 4.74 Å². The van der Waals surface area contributed by atoms with Crippen molar-refractivity contribution < 1.29 is 4.74 Å². The Hall–Kier alpha value is -6.13. The maximum absolute atomic E-state index is 6.27. The maximum atomic E-state index is 6.27. The molecule has 0 unspecified atom stereocenters. The molecule has 0 atom stereocenters. The van der Waals surface area contributed by atoms with Crippen LogP contribution in [-0.4, -0.2) is 15.0 Å². The first kappa shape index (κ1) is 26.5. The van der Waals surface area contributed by atoms with E-state index < -0.39 is 0 Å². The van der Waals surface area contributed by atoms with E-state index in [4.69, 9.17) is 19.7 Å². The van der Waals surface area contributed by atoms with Crippen LogP contribution in [0.4, 0.5) is 0 Å². The number of aromatic nitrogens is 3. The third-order valence-electron chi connectivity index (χ3n) is 7.96. The van der Waals surface area contributed by atoms with Gasteiger partial charge in [-0.1, -0.05) is 121 Å². The van der Waals surface area contributed by atoms with Crippen molar-refractivity contribution in [2.45, 2.75) is 0 Å². The number of fused-ring (bicyclic) bond motifs is 2. The summed E-state index contributed by atoms with van der Waals surface area (Å²) in [5, 5.41) is 4.95. The molecule has 4 heteroatoms. The largest absolute Gasteiger partial charge is 0.457 e. The minimum atomic E-state index is 0.612. The SMILES string of the molecule is c1ccc(-c2nc(-c3ccccc3)nc(-c3ccc(Oc4ccc(-c5c6ccccc6cc6ccccc56)cc4)cc3)n2)cc1. The predicted molar refractivity (Wildman–Crippen MR) is 183 cm³/mol.